The number of imide groups is 1. The molecule has 0 aliphatic heterocycles. The van der Waals surface area contributed by atoms with Gasteiger partial charge in [0.1, 0.15) is 0 Å². The van der Waals surface area contributed by atoms with Crippen LogP contribution in [0.1, 0.15) is 110 Å². The molecule has 0 atom stereocenters. The molecule has 0 aromatic heterocycles. The zero-order valence-corrected chi connectivity index (χ0v) is 15.9. The summed E-state index contributed by atoms with van der Waals surface area (Å²) in [5.74, 6) is -0.587. The average molecular weight is 338 g/mol. The fourth-order valence-electron chi connectivity index (χ4n) is 2.91. The highest BCUT2D eigenvalue weighted by atomic mass is 16.2. The Kier molecular flexibility index (Phi) is 17.4. The SMILES string of the molecule is C=CC(=O)NC(=O)CCCCCCCCCCCCCCCCC. The molecule has 0 aromatic carbocycles. The Morgan fingerprint density at radius 2 is 1.08 bits per heavy atom. The first-order valence-electron chi connectivity index (χ1n) is 10.2. The van der Waals surface area contributed by atoms with Crippen LogP contribution in [0.4, 0.5) is 0 Å². The van der Waals surface area contributed by atoms with Crippen molar-refractivity contribution in [2.45, 2.75) is 110 Å². The molecule has 0 radical (unpaired) electrons. The number of carbonyl (C=O) groups excluding carboxylic acids is 2. The van der Waals surface area contributed by atoms with Crippen LogP contribution < -0.4 is 5.32 Å². The quantitative estimate of drug-likeness (QED) is 0.258. The van der Waals surface area contributed by atoms with Crippen LogP contribution in [0.3, 0.4) is 0 Å². The van der Waals surface area contributed by atoms with Gasteiger partial charge >= 0.3 is 0 Å². The molecule has 3 nitrogen and oxygen atoms in total. The predicted molar refractivity (Wildman–Crippen MR) is 103 cm³/mol. The van der Waals surface area contributed by atoms with Crippen LogP contribution in [0, 0.1) is 0 Å². The normalized spacial score (nSPS) is 10.5. The summed E-state index contributed by atoms with van der Waals surface area (Å²) in [7, 11) is 0. The number of carbonyl (C=O) groups is 2. The fourth-order valence-corrected chi connectivity index (χ4v) is 2.91. The van der Waals surface area contributed by atoms with Crippen molar-refractivity contribution in [3.8, 4) is 0 Å². The Bertz CT molecular complexity index is 326. The number of unbranched alkanes of at least 4 members (excludes halogenated alkanes) is 14. The molecule has 3 heteroatoms. The monoisotopic (exact) mass is 337 g/mol. The van der Waals surface area contributed by atoms with Crippen LogP contribution in [0.15, 0.2) is 12.7 Å². The van der Waals surface area contributed by atoms with Crippen LogP contribution in [-0.2, 0) is 9.59 Å². The highest BCUT2D eigenvalue weighted by Crippen LogP contribution is 2.13. The van der Waals surface area contributed by atoms with Gasteiger partial charge in [-0.2, -0.15) is 0 Å². The Morgan fingerprint density at radius 1 is 0.708 bits per heavy atom. The summed E-state index contributed by atoms with van der Waals surface area (Å²) in [5, 5.41) is 2.28. The Morgan fingerprint density at radius 3 is 1.46 bits per heavy atom. The molecule has 0 bridgehead atoms. The largest absolute Gasteiger partial charge is 0.293 e. The lowest BCUT2D eigenvalue weighted by molar-refractivity contribution is -0.128. The van der Waals surface area contributed by atoms with Gasteiger partial charge in [-0.25, -0.2) is 0 Å². The van der Waals surface area contributed by atoms with Gasteiger partial charge in [-0.1, -0.05) is 103 Å². The van der Waals surface area contributed by atoms with E-state index in [-0.39, 0.29) is 5.91 Å². The van der Waals surface area contributed by atoms with Gasteiger partial charge < -0.3 is 0 Å². The highest BCUT2D eigenvalue weighted by molar-refractivity contribution is 6.00. The van der Waals surface area contributed by atoms with E-state index in [2.05, 4.69) is 18.8 Å². The molecule has 24 heavy (non-hydrogen) atoms. The van der Waals surface area contributed by atoms with Crippen LogP contribution in [-0.4, -0.2) is 11.8 Å². The first kappa shape index (κ1) is 22.9. The zero-order valence-electron chi connectivity index (χ0n) is 15.9. The van der Waals surface area contributed by atoms with E-state index >= 15 is 0 Å². The Hall–Kier alpha value is -1.12. The first-order chi connectivity index (χ1) is 11.7. The molecule has 0 aromatic rings. The molecule has 0 aliphatic rings. The second-order valence-electron chi connectivity index (χ2n) is 6.82. The smallest absolute Gasteiger partial charge is 0.249 e. The van der Waals surface area contributed by atoms with Gasteiger partial charge in [0.05, 0.1) is 0 Å². The Labute approximate surface area is 149 Å². The molecule has 0 heterocycles. The van der Waals surface area contributed by atoms with Gasteiger partial charge in [0.2, 0.25) is 11.8 Å². The Balaban J connectivity index is 3.13. The van der Waals surface area contributed by atoms with E-state index in [1.54, 1.807) is 0 Å². The molecule has 0 saturated heterocycles. The minimum absolute atomic E-state index is 0.186. The lowest BCUT2D eigenvalue weighted by Crippen LogP contribution is -2.28. The maximum absolute atomic E-state index is 11.4. The average Bonchev–Trinajstić information content (AvgIpc) is 2.58. The fraction of sp³-hybridized carbons (Fsp3) is 0.810. The third kappa shape index (κ3) is 17.2. The molecule has 2 amide bonds. The van der Waals surface area contributed by atoms with Crippen molar-refractivity contribution in [3.05, 3.63) is 12.7 Å². The minimum Gasteiger partial charge on any atom is -0.293 e. The van der Waals surface area contributed by atoms with Crippen molar-refractivity contribution >= 4 is 11.8 Å². The van der Waals surface area contributed by atoms with Gasteiger partial charge in [0, 0.05) is 6.42 Å². The highest BCUT2D eigenvalue weighted by Gasteiger charge is 2.03. The number of hydrogen-bond acceptors (Lipinski definition) is 2. The van der Waals surface area contributed by atoms with Crippen molar-refractivity contribution in [2.75, 3.05) is 0 Å². The van der Waals surface area contributed by atoms with Gasteiger partial charge in [-0.15, -0.1) is 0 Å². The standard InChI is InChI=1S/C21H39NO2/c1-3-5-6-7-8-9-10-11-12-13-14-15-16-17-18-19-21(24)22-20(23)4-2/h4H,2-3,5-19H2,1H3,(H,22,23,24). The van der Waals surface area contributed by atoms with E-state index < -0.39 is 5.91 Å². The molecular weight excluding hydrogens is 298 g/mol. The summed E-state index contributed by atoms with van der Waals surface area (Å²) in [5.41, 5.74) is 0. The van der Waals surface area contributed by atoms with E-state index in [9.17, 15) is 9.59 Å². The number of amides is 2. The van der Waals surface area contributed by atoms with Gasteiger partial charge in [0.15, 0.2) is 0 Å². The summed E-state index contributed by atoms with van der Waals surface area (Å²) < 4.78 is 0. The minimum atomic E-state index is -0.402. The van der Waals surface area contributed by atoms with Crippen molar-refractivity contribution in [1.82, 2.24) is 5.32 Å². The van der Waals surface area contributed by atoms with Gasteiger partial charge in [-0.3, -0.25) is 14.9 Å². The van der Waals surface area contributed by atoms with Crippen LogP contribution >= 0.6 is 0 Å². The van der Waals surface area contributed by atoms with Crippen LogP contribution in [0.2, 0.25) is 0 Å². The summed E-state index contributed by atoms with van der Waals surface area (Å²) in [4.78, 5) is 22.3. The topological polar surface area (TPSA) is 46.2 Å². The second-order valence-corrected chi connectivity index (χ2v) is 6.82. The van der Waals surface area contributed by atoms with Crippen LogP contribution in [0.25, 0.3) is 0 Å². The first-order valence-corrected chi connectivity index (χ1v) is 10.2. The van der Waals surface area contributed by atoms with E-state index in [0.717, 1.165) is 18.9 Å². The van der Waals surface area contributed by atoms with Crippen molar-refractivity contribution < 1.29 is 9.59 Å². The van der Waals surface area contributed by atoms with Crippen molar-refractivity contribution in [2.24, 2.45) is 0 Å². The number of rotatable bonds is 17. The molecule has 0 aliphatic carbocycles. The molecule has 1 N–H and O–H groups in total. The third-order valence-corrected chi connectivity index (χ3v) is 4.46. The zero-order chi connectivity index (χ0) is 17.9. The summed E-state index contributed by atoms with van der Waals surface area (Å²) in [6.45, 7) is 5.59. The van der Waals surface area contributed by atoms with Crippen molar-refractivity contribution in [1.29, 1.82) is 0 Å². The van der Waals surface area contributed by atoms with E-state index in [1.807, 2.05) is 0 Å². The van der Waals surface area contributed by atoms with Crippen LogP contribution in [0.5, 0.6) is 0 Å². The molecule has 140 valence electrons. The van der Waals surface area contributed by atoms with E-state index in [1.165, 1.54) is 83.5 Å². The lowest BCUT2D eigenvalue weighted by atomic mass is 10.0. The van der Waals surface area contributed by atoms with E-state index in [4.69, 9.17) is 0 Å². The molecule has 0 unspecified atom stereocenters. The summed E-state index contributed by atoms with van der Waals surface area (Å²) >= 11 is 0. The lowest BCUT2D eigenvalue weighted by Gasteiger charge is -2.03. The maximum Gasteiger partial charge on any atom is 0.249 e. The molecule has 0 saturated carbocycles. The molecule has 0 spiro atoms. The number of nitrogens with one attached hydrogen (secondary N) is 1. The predicted octanol–water partition coefficient (Wildman–Crippen LogP) is 6.08. The summed E-state index contributed by atoms with van der Waals surface area (Å²) in [6, 6.07) is 0. The van der Waals surface area contributed by atoms with Crippen molar-refractivity contribution in [3.63, 3.8) is 0 Å². The van der Waals surface area contributed by atoms with E-state index in [0.29, 0.717) is 6.42 Å². The number of hydrogen-bond donors (Lipinski definition) is 1. The van der Waals surface area contributed by atoms with Gasteiger partial charge in [-0.05, 0) is 12.5 Å². The molecule has 0 rings (SSSR count). The summed E-state index contributed by atoms with van der Waals surface area (Å²) in [6.07, 6.45) is 21.2. The third-order valence-electron chi connectivity index (χ3n) is 4.46. The van der Waals surface area contributed by atoms with Gasteiger partial charge in [0.25, 0.3) is 0 Å². The molecule has 0 fully saturated rings. The maximum atomic E-state index is 11.4. The molecular formula is C21H39NO2. The second kappa shape index (κ2) is 18.2.